The Morgan fingerprint density at radius 3 is 2.82 bits per heavy atom. The summed E-state index contributed by atoms with van der Waals surface area (Å²) in [6, 6.07) is 11.6. The largest absolute Gasteiger partial charge is 0.360 e. The lowest BCUT2D eigenvalue weighted by Crippen LogP contribution is -2.35. The van der Waals surface area contributed by atoms with Crippen LogP contribution in [0.5, 0.6) is 0 Å². The summed E-state index contributed by atoms with van der Waals surface area (Å²) >= 11 is 7.51. The third-order valence-corrected chi connectivity index (χ3v) is 5.15. The molecule has 3 nitrogen and oxygen atoms in total. The highest BCUT2D eigenvalue weighted by Gasteiger charge is 2.22. The number of benzene rings is 1. The van der Waals surface area contributed by atoms with Gasteiger partial charge in [0.25, 0.3) is 0 Å². The number of fused-ring (bicyclic) bond motifs is 1. The van der Waals surface area contributed by atoms with Crippen LogP contribution in [0.1, 0.15) is 22.2 Å². The van der Waals surface area contributed by atoms with Gasteiger partial charge in [-0.2, -0.15) is 0 Å². The van der Waals surface area contributed by atoms with Gasteiger partial charge in [0.05, 0.1) is 10.4 Å². The summed E-state index contributed by atoms with van der Waals surface area (Å²) in [5.74, 6) is 0.127. The second kappa shape index (κ2) is 6.24. The number of likely N-dealkylation sites (N-methyl/N-ethyl adjacent to an activating group) is 1. The molecular weight excluding hydrogens is 316 g/mol. The molecule has 0 saturated carbocycles. The van der Waals surface area contributed by atoms with Crippen LogP contribution in [-0.4, -0.2) is 28.8 Å². The van der Waals surface area contributed by atoms with Gasteiger partial charge in [-0.05, 0) is 32.2 Å². The van der Waals surface area contributed by atoms with Gasteiger partial charge in [-0.1, -0.05) is 29.8 Å². The van der Waals surface area contributed by atoms with Crippen molar-refractivity contribution in [2.24, 2.45) is 0 Å². The summed E-state index contributed by atoms with van der Waals surface area (Å²) in [7, 11) is 1.96. The number of rotatable bonds is 5. The van der Waals surface area contributed by atoms with E-state index >= 15 is 0 Å². The molecule has 0 saturated heterocycles. The third-order valence-electron chi connectivity index (χ3n) is 3.93. The van der Waals surface area contributed by atoms with Crippen LogP contribution in [-0.2, 0) is 6.54 Å². The van der Waals surface area contributed by atoms with E-state index in [9.17, 15) is 4.79 Å². The van der Waals surface area contributed by atoms with Gasteiger partial charge >= 0.3 is 0 Å². The van der Waals surface area contributed by atoms with Gasteiger partial charge in [-0.3, -0.25) is 9.69 Å². The maximum absolute atomic E-state index is 12.8. The highest BCUT2D eigenvalue weighted by atomic mass is 35.5. The number of nitrogens with one attached hydrogen (secondary N) is 1. The number of H-pyrrole nitrogens is 1. The Morgan fingerprint density at radius 2 is 2.09 bits per heavy atom. The number of nitrogens with zero attached hydrogens (tertiary/aromatic N) is 1. The van der Waals surface area contributed by atoms with Crippen LogP contribution in [0, 0.1) is 0 Å². The first-order chi connectivity index (χ1) is 10.6. The molecule has 0 radical (unpaired) electrons. The monoisotopic (exact) mass is 332 g/mol. The van der Waals surface area contributed by atoms with Crippen LogP contribution in [0.2, 0.25) is 4.34 Å². The van der Waals surface area contributed by atoms with Gasteiger partial charge in [-0.15, -0.1) is 11.3 Å². The standard InChI is InChI=1S/C17H17ClN2OS/c1-11(20(2)10-12-7-8-16(18)22-12)17(21)14-9-19-15-6-4-3-5-13(14)15/h3-9,11,19H,10H2,1-2H3/t11-/m1/s1. The fourth-order valence-corrected chi connectivity index (χ4v) is 3.67. The molecule has 22 heavy (non-hydrogen) atoms. The van der Waals surface area contributed by atoms with Crippen LogP contribution in [0.25, 0.3) is 10.9 Å². The predicted octanol–water partition coefficient (Wildman–Crippen LogP) is 4.59. The van der Waals surface area contributed by atoms with Crippen molar-refractivity contribution in [1.29, 1.82) is 0 Å². The van der Waals surface area contributed by atoms with Crippen LogP contribution >= 0.6 is 22.9 Å². The Hall–Kier alpha value is -1.62. The van der Waals surface area contributed by atoms with Gasteiger partial charge in [0.2, 0.25) is 0 Å². The Morgan fingerprint density at radius 1 is 1.32 bits per heavy atom. The molecule has 0 aliphatic carbocycles. The number of hydrogen-bond donors (Lipinski definition) is 1. The minimum Gasteiger partial charge on any atom is -0.360 e. The lowest BCUT2D eigenvalue weighted by atomic mass is 10.0. The van der Waals surface area contributed by atoms with E-state index in [4.69, 9.17) is 11.6 Å². The summed E-state index contributed by atoms with van der Waals surface area (Å²) in [5.41, 5.74) is 1.74. The molecule has 2 aromatic heterocycles. The predicted molar refractivity (Wildman–Crippen MR) is 92.9 cm³/mol. The first kappa shape index (κ1) is 15.3. The molecule has 1 atom stereocenters. The molecule has 0 aliphatic heterocycles. The van der Waals surface area contributed by atoms with E-state index in [0.717, 1.165) is 25.7 Å². The molecule has 0 spiro atoms. The van der Waals surface area contributed by atoms with Crippen LogP contribution in [0.4, 0.5) is 0 Å². The lowest BCUT2D eigenvalue weighted by Gasteiger charge is -2.22. The molecule has 2 heterocycles. The van der Waals surface area contributed by atoms with Crippen molar-refractivity contribution < 1.29 is 4.79 Å². The van der Waals surface area contributed by atoms with Crippen molar-refractivity contribution in [2.45, 2.75) is 19.5 Å². The van der Waals surface area contributed by atoms with Gasteiger partial charge in [-0.25, -0.2) is 0 Å². The number of hydrogen-bond acceptors (Lipinski definition) is 3. The lowest BCUT2D eigenvalue weighted by molar-refractivity contribution is 0.0865. The molecule has 0 amide bonds. The Labute approximate surface area is 138 Å². The summed E-state index contributed by atoms with van der Waals surface area (Å²) in [4.78, 5) is 19.1. The number of carbonyl (C=O) groups excluding carboxylic acids is 1. The van der Waals surface area contributed by atoms with Crippen molar-refractivity contribution in [3.63, 3.8) is 0 Å². The van der Waals surface area contributed by atoms with Crippen molar-refractivity contribution in [3.05, 3.63) is 57.4 Å². The number of ketones is 1. The van der Waals surface area contributed by atoms with Crippen LogP contribution in [0.3, 0.4) is 0 Å². The average molecular weight is 333 g/mol. The van der Waals surface area contributed by atoms with E-state index in [1.54, 1.807) is 17.5 Å². The summed E-state index contributed by atoms with van der Waals surface area (Å²) in [6.07, 6.45) is 1.80. The molecule has 5 heteroatoms. The second-order valence-corrected chi connectivity index (χ2v) is 7.21. The van der Waals surface area contributed by atoms with Gasteiger partial charge in [0.15, 0.2) is 5.78 Å². The van der Waals surface area contributed by atoms with E-state index in [1.807, 2.05) is 55.3 Å². The Balaban J connectivity index is 1.79. The molecule has 3 rings (SSSR count). The molecule has 3 aromatic rings. The highest BCUT2D eigenvalue weighted by Crippen LogP contribution is 2.24. The smallest absolute Gasteiger partial charge is 0.181 e. The molecule has 0 aliphatic rings. The Kier molecular flexibility index (Phi) is 4.34. The number of aromatic nitrogens is 1. The van der Waals surface area contributed by atoms with Gasteiger partial charge in [0.1, 0.15) is 0 Å². The second-order valence-electron chi connectivity index (χ2n) is 5.41. The van der Waals surface area contributed by atoms with Gasteiger partial charge < -0.3 is 4.98 Å². The van der Waals surface area contributed by atoms with E-state index in [-0.39, 0.29) is 11.8 Å². The summed E-state index contributed by atoms with van der Waals surface area (Å²) in [6.45, 7) is 2.66. The summed E-state index contributed by atoms with van der Waals surface area (Å²) < 4.78 is 0.777. The highest BCUT2D eigenvalue weighted by molar-refractivity contribution is 7.16. The molecular formula is C17H17ClN2OS. The quantitative estimate of drug-likeness (QED) is 0.694. The first-order valence-corrected chi connectivity index (χ1v) is 8.30. The fourth-order valence-electron chi connectivity index (χ4n) is 2.52. The number of Topliss-reactive ketones (excluding diaryl/α,β-unsaturated/α-hetero) is 1. The molecule has 1 N–H and O–H groups in total. The Bertz CT molecular complexity index is 808. The average Bonchev–Trinajstić information content (AvgIpc) is 3.12. The minimum atomic E-state index is -0.194. The van der Waals surface area contributed by atoms with E-state index in [0.29, 0.717) is 6.54 Å². The molecule has 0 unspecified atom stereocenters. The minimum absolute atomic E-state index is 0.127. The first-order valence-electron chi connectivity index (χ1n) is 7.11. The van der Waals surface area contributed by atoms with E-state index < -0.39 is 0 Å². The van der Waals surface area contributed by atoms with Crippen molar-refractivity contribution in [3.8, 4) is 0 Å². The zero-order valence-corrected chi connectivity index (χ0v) is 14.0. The number of carbonyl (C=O) groups is 1. The third kappa shape index (κ3) is 2.95. The fraction of sp³-hybridized carbons (Fsp3) is 0.235. The molecule has 0 bridgehead atoms. The van der Waals surface area contributed by atoms with Crippen molar-refractivity contribution in [1.82, 2.24) is 9.88 Å². The van der Waals surface area contributed by atoms with E-state index in [2.05, 4.69) is 4.98 Å². The number of aromatic amines is 1. The molecule has 114 valence electrons. The SMILES string of the molecule is C[C@H](C(=O)c1c[nH]c2ccccc12)N(C)Cc1ccc(Cl)s1. The number of halogens is 1. The maximum atomic E-state index is 12.8. The number of thiophene rings is 1. The van der Waals surface area contributed by atoms with Crippen LogP contribution in [0.15, 0.2) is 42.6 Å². The molecule has 1 aromatic carbocycles. The topological polar surface area (TPSA) is 36.1 Å². The maximum Gasteiger partial charge on any atom is 0.181 e. The summed E-state index contributed by atoms with van der Waals surface area (Å²) in [5, 5.41) is 0.979. The van der Waals surface area contributed by atoms with Crippen LogP contribution < -0.4 is 0 Å². The zero-order valence-electron chi connectivity index (χ0n) is 12.5. The van der Waals surface area contributed by atoms with Gasteiger partial charge in [0, 0.05) is 34.1 Å². The normalized spacial score (nSPS) is 12.9. The molecule has 0 fully saturated rings. The zero-order chi connectivity index (χ0) is 15.7. The van der Waals surface area contributed by atoms with E-state index in [1.165, 1.54) is 0 Å². The van der Waals surface area contributed by atoms with Crippen molar-refractivity contribution >= 4 is 39.6 Å². The van der Waals surface area contributed by atoms with Crippen molar-refractivity contribution in [2.75, 3.05) is 7.05 Å². The number of para-hydroxylation sites is 1.